The lowest BCUT2D eigenvalue weighted by molar-refractivity contribution is 0.279. The normalized spacial score (nSPS) is 19.0. The molecule has 24 heavy (non-hydrogen) atoms. The van der Waals surface area contributed by atoms with Crippen molar-refractivity contribution in [1.82, 2.24) is 9.88 Å². The largest absolute Gasteiger partial charge is 0.312 e. The second-order valence-corrected chi connectivity index (χ2v) is 8.26. The van der Waals surface area contributed by atoms with Gasteiger partial charge in [0, 0.05) is 11.4 Å². The molecule has 2 aromatic rings. The van der Waals surface area contributed by atoms with Crippen LogP contribution in [0.2, 0.25) is 0 Å². The number of aromatic amines is 1. The van der Waals surface area contributed by atoms with Gasteiger partial charge in [-0.15, -0.1) is 0 Å². The lowest BCUT2D eigenvalue weighted by atomic mass is 9.90. The maximum atomic E-state index is 12.0. The van der Waals surface area contributed by atoms with E-state index in [2.05, 4.69) is 28.1 Å². The van der Waals surface area contributed by atoms with E-state index in [9.17, 15) is 4.79 Å². The van der Waals surface area contributed by atoms with Gasteiger partial charge in [0.15, 0.2) is 0 Å². The molecule has 0 saturated carbocycles. The van der Waals surface area contributed by atoms with Crippen LogP contribution >= 0.6 is 11.3 Å². The summed E-state index contributed by atoms with van der Waals surface area (Å²) in [4.78, 5) is 18.9. The van der Waals surface area contributed by atoms with Gasteiger partial charge in [-0.2, -0.15) is 0 Å². The van der Waals surface area contributed by atoms with E-state index < -0.39 is 0 Å². The van der Waals surface area contributed by atoms with Crippen LogP contribution in [0, 0.1) is 0 Å². The Kier molecular flexibility index (Phi) is 4.86. The van der Waals surface area contributed by atoms with Gasteiger partial charge in [0.05, 0.1) is 5.69 Å². The maximum absolute atomic E-state index is 12.0. The van der Waals surface area contributed by atoms with Crippen LogP contribution in [-0.4, -0.2) is 23.0 Å². The van der Waals surface area contributed by atoms with E-state index in [-0.39, 0.29) is 4.87 Å². The summed E-state index contributed by atoms with van der Waals surface area (Å²) in [5.74, 6) is 0. The van der Waals surface area contributed by atoms with Crippen molar-refractivity contribution in [3.05, 3.63) is 43.9 Å². The number of rotatable bonds is 3. The van der Waals surface area contributed by atoms with Crippen LogP contribution in [-0.2, 0) is 19.4 Å². The molecular formula is C20H26N2OS. The van der Waals surface area contributed by atoms with Crippen LogP contribution in [0.4, 0.5) is 0 Å². The summed E-state index contributed by atoms with van der Waals surface area (Å²) >= 11 is 1.39. The fraction of sp³-hybridized carbons (Fsp3) is 0.550. The molecule has 0 radical (unpaired) electrons. The Morgan fingerprint density at radius 3 is 2.50 bits per heavy atom. The topological polar surface area (TPSA) is 36.1 Å². The van der Waals surface area contributed by atoms with E-state index >= 15 is 0 Å². The number of aryl methyl sites for hydroxylation is 2. The lowest BCUT2D eigenvalue weighted by Crippen LogP contribution is -2.23. The molecule has 2 aliphatic rings. The van der Waals surface area contributed by atoms with Gasteiger partial charge in [-0.05, 0) is 74.4 Å². The minimum atomic E-state index is 0.0764. The number of aromatic nitrogens is 1. The molecule has 1 N–H and O–H groups in total. The molecule has 4 heteroatoms. The van der Waals surface area contributed by atoms with Crippen molar-refractivity contribution in [1.29, 1.82) is 0 Å². The molecule has 1 aromatic heterocycles. The van der Waals surface area contributed by atoms with Gasteiger partial charge in [0.2, 0.25) is 0 Å². The van der Waals surface area contributed by atoms with E-state index in [1.807, 2.05) is 0 Å². The highest BCUT2D eigenvalue weighted by molar-refractivity contribution is 7.09. The summed E-state index contributed by atoms with van der Waals surface area (Å²) in [7, 11) is 0. The predicted molar refractivity (Wildman–Crippen MR) is 101 cm³/mol. The summed E-state index contributed by atoms with van der Waals surface area (Å²) in [6.07, 6.45) is 10.2. The van der Waals surface area contributed by atoms with E-state index in [4.69, 9.17) is 0 Å². The van der Waals surface area contributed by atoms with E-state index in [0.29, 0.717) is 0 Å². The number of thiazole rings is 1. The Hall–Kier alpha value is -1.39. The van der Waals surface area contributed by atoms with Gasteiger partial charge in [0.25, 0.3) is 0 Å². The zero-order valence-corrected chi connectivity index (χ0v) is 15.1. The highest BCUT2D eigenvalue weighted by Gasteiger charge is 2.17. The molecule has 0 unspecified atom stereocenters. The van der Waals surface area contributed by atoms with Crippen molar-refractivity contribution in [3.63, 3.8) is 0 Å². The average molecular weight is 343 g/mol. The molecule has 1 saturated heterocycles. The molecule has 3 nitrogen and oxygen atoms in total. The first-order valence-corrected chi connectivity index (χ1v) is 10.2. The number of hydrogen-bond donors (Lipinski definition) is 1. The van der Waals surface area contributed by atoms with Gasteiger partial charge in [0.1, 0.15) is 0 Å². The highest BCUT2D eigenvalue weighted by atomic mass is 32.1. The summed E-state index contributed by atoms with van der Waals surface area (Å²) in [5.41, 5.74) is 5.23. The van der Waals surface area contributed by atoms with E-state index in [1.54, 1.807) is 0 Å². The molecule has 1 aliphatic heterocycles. The minimum absolute atomic E-state index is 0.0764. The third kappa shape index (κ3) is 3.50. The fourth-order valence-electron chi connectivity index (χ4n) is 4.09. The molecule has 1 aromatic carbocycles. The number of likely N-dealkylation sites (tertiary alicyclic amines) is 1. The zero-order valence-electron chi connectivity index (χ0n) is 14.3. The number of nitrogens with zero attached hydrogens (tertiary/aromatic N) is 1. The number of hydrogen-bond acceptors (Lipinski definition) is 3. The number of H-pyrrole nitrogens is 1. The first-order chi connectivity index (χ1) is 11.8. The predicted octanol–water partition coefficient (Wildman–Crippen LogP) is 4.36. The zero-order chi connectivity index (χ0) is 16.4. The number of fused-ring (bicyclic) bond motifs is 1. The summed E-state index contributed by atoms with van der Waals surface area (Å²) in [5, 5.41) is 0. The summed E-state index contributed by atoms with van der Waals surface area (Å²) in [6.45, 7) is 3.24. The monoisotopic (exact) mass is 342 g/mol. The smallest absolute Gasteiger partial charge is 0.305 e. The van der Waals surface area contributed by atoms with Crippen LogP contribution in [0.3, 0.4) is 0 Å². The van der Waals surface area contributed by atoms with Crippen molar-refractivity contribution >= 4 is 11.3 Å². The third-order valence-corrected chi connectivity index (χ3v) is 6.29. The van der Waals surface area contributed by atoms with Crippen molar-refractivity contribution in [2.24, 2.45) is 0 Å². The molecular weight excluding hydrogens is 316 g/mol. The molecule has 4 rings (SSSR count). The molecule has 0 amide bonds. The second kappa shape index (κ2) is 7.24. The van der Waals surface area contributed by atoms with Gasteiger partial charge >= 0.3 is 4.87 Å². The first kappa shape index (κ1) is 16.1. The Bertz CT molecular complexity index is 753. The van der Waals surface area contributed by atoms with Crippen LogP contribution in [0.15, 0.2) is 23.0 Å². The lowest BCUT2D eigenvalue weighted by Gasteiger charge is -2.20. The van der Waals surface area contributed by atoms with Crippen LogP contribution in [0.1, 0.15) is 54.5 Å². The van der Waals surface area contributed by atoms with Crippen molar-refractivity contribution in [2.45, 2.75) is 57.9 Å². The van der Waals surface area contributed by atoms with Gasteiger partial charge in [-0.25, -0.2) is 0 Å². The average Bonchev–Trinajstić information content (AvgIpc) is 2.80. The summed E-state index contributed by atoms with van der Waals surface area (Å²) < 4.78 is 0. The van der Waals surface area contributed by atoms with Crippen LogP contribution in [0.25, 0.3) is 11.3 Å². The SMILES string of the molecule is O=c1[nH]c(-c2ccc3c(c2)CCCC3)c(CN2CCCCCC2)s1. The van der Waals surface area contributed by atoms with Crippen molar-refractivity contribution < 1.29 is 0 Å². The van der Waals surface area contributed by atoms with Crippen molar-refractivity contribution in [3.8, 4) is 11.3 Å². The molecule has 1 aliphatic carbocycles. The number of benzene rings is 1. The molecule has 0 bridgehead atoms. The first-order valence-electron chi connectivity index (χ1n) is 9.36. The maximum Gasteiger partial charge on any atom is 0.305 e. The highest BCUT2D eigenvalue weighted by Crippen LogP contribution is 2.30. The molecule has 1 fully saturated rings. The minimum Gasteiger partial charge on any atom is -0.312 e. The Morgan fingerprint density at radius 1 is 0.958 bits per heavy atom. The Morgan fingerprint density at radius 2 is 1.71 bits per heavy atom. The van der Waals surface area contributed by atoms with E-state index in [1.165, 1.54) is 84.3 Å². The second-order valence-electron chi connectivity index (χ2n) is 7.19. The van der Waals surface area contributed by atoms with Gasteiger partial charge < -0.3 is 4.98 Å². The van der Waals surface area contributed by atoms with E-state index in [0.717, 1.165) is 25.3 Å². The van der Waals surface area contributed by atoms with Crippen molar-refractivity contribution in [2.75, 3.05) is 13.1 Å². The van der Waals surface area contributed by atoms with Gasteiger partial charge in [-0.1, -0.05) is 36.3 Å². The fourth-order valence-corrected chi connectivity index (χ4v) is 4.99. The quantitative estimate of drug-likeness (QED) is 0.900. The Labute approximate surface area is 147 Å². The third-order valence-electron chi connectivity index (χ3n) is 5.42. The molecule has 2 heterocycles. The van der Waals surface area contributed by atoms with Crippen LogP contribution in [0.5, 0.6) is 0 Å². The van der Waals surface area contributed by atoms with Crippen LogP contribution < -0.4 is 4.87 Å². The molecule has 128 valence electrons. The number of nitrogens with one attached hydrogen (secondary N) is 1. The molecule has 0 spiro atoms. The van der Waals surface area contributed by atoms with Gasteiger partial charge in [-0.3, -0.25) is 9.69 Å². The summed E-state index contributed by atoms with van der Waals surface area (Å²) in [6, 6.07) is 6.79. The molecule has 0 atom stereocenters. The Balaban J connectivity index is 1.62. The standard InChI is InChI=1S/C20H26N2OS/c23-20-21-19(17-10-9-15-7-3-4-8-16(15)13-17)18(24-20)14-22-11-5-1-2-6-12-22/h9-10,13H,1-8,11-12,14H2,(H,21,23).